The first-order chi connectivity index (χ1) is 17.0. The SMILES string of the molecule is O=C(CCCCCNC(=O)[C@H](Cc1c[nH]c2ccccc12)NC(=O)NC(=O)c1ccccc1)NO. The lowest BCUT2D eigenvalue weighted by Crippen LogP contribution is -2.52. The van der Waals surface area contributed by atoms with Gasteiger partial charge in [-0.2, -0.15) is 0 Å². The van der Waals surface area contributed by atoms with E-state index in [0.717, 1.165) is 16.5 Å². The summed E-state index contributed by atoms with van der Waals surface area (Å²) in [7, 11) is 0. The summed E-state index contributed by atoms with van der Waals surface area (Å²) in [5.74, 6) is -1.40. The van der Waals surface area contributed by atoms with Crippen LogP contribution >= 0.6 is 0 Å². The molecule has 0 unspecified atom stereocenters. The second-order valence-electron chi connectivity index (χ2n) is 8.05. The van der Waals surface area contributed by atoms with Gasteiger partial charge in [-0.3, -0.25) is 24.9 Å². The summed E-state index contributed by atoms with van der Waals surface area (Å²) in [6.45, 7) is 0.357. The predicted molar refractivity (Wildman–Crippen MR) is 130 cm³/mol. The van der Waals surface area contributed by atoms with E-state index in [1.807, 2.05) is 24.3 Å². The number of rotatable bonds is 11. The quantitative estimate of drug-likeness (QED) is 0.142. The Bertz CT molecular complexity index is 1160. The summed E-state index contributed by atoms with van der Waals surface area (Å²) in [6.07, 6.45) is 4.10. The molecule has 184 valence electrons. The third-order valence-electron chi connectivity index (χ3n) is 5.49. The van der Waals surface area contributed by atoms with Gasteiger partial charge in [0.2, 0.25) is 11.8 Å². The Morgan fingerprint density at radius 3 is 2.43 bits per heavy atom. The first kappa shape index (κ1) is 25.4. The minimum absolute atomic E-state index is 0.199. The van der Waals surface area contributed by atoms with Crippen molar-refractivity contribution in [3.05, 3.63) is 71.9 Å². The van der Waals surface area contributed by atoms with Crippen LogP contribution in [0.25, 0.3) is 10.9 Å². The van der Waals surface area contributed by atoms with Crippen LogP contribution in [-0.2, 0) is 16.0 Å². The smallest absolute Gasteiger partial charge is 0.322 e. The van der Waals surface area contributed by atoms with Crippen LogP contribution in [-0.4, -0.2) is 46.5 Å². The highest BCUT2D eigenvalue weighted by Gasteiger charge is 2.23. The third-order valence-corrected chi connectivity index (χ3v) is 5.49. The molecule has 0 bridgehead atoms. The monoisotopic (exact) mass is 479 g/mol. The molecule has 3 aromatic rings. The number of imide groups is 1. The van der Waals surface area contributed by atoms with Crippen molar-refractivity contribution in [3.8, 4) is 0 Å². The molecular weight excluding hydrogens is 450 g/mol. The fraction of sp³-hybridized carbons (Fsp3) is 0.280. The Kier molecular flexibility index (Phi) is 9.38. The lowest BCUT2D eigenvalue weighted by Gasteiger charge is -2.18. The first-order valence-electron chi connectivity index (χ1n) is 11.4. The van der Waals surface area contributed by atoms with Gasteiger partial charge in [0, 0.05) is 42.0 Å². The molecule has 0 saturated heterocycles. The van der Waals surface area contributed by atoms with Crippen LogP contribution in [0.3, 0.4) is 0 Å². The minimum atomic E-state index is -0.919. The number of H-pyrrole nitrogens is 1. The van der Waals surface area contributed by atoms with Crippen LogP contribution in [0.15, 0.2) is 60.8 Å². The molecule has 3 rings (SSSR count). The molecule has 6 N–H and O–H groups in total. The van der Waals surface area contributed by atoms with E-state index < -0.39 is 23.9 Å². The molecule has 0 saturated carbocycles. The number of carbonyl (C=O) groups is 4. The number of carbonyl (C=O) groups excluding carboxylic acids is 4. The van der Waals surface area contributed by atoms with Crippen molar-refractivity contribution in [2.75, 3.05) is 6.54 Å². The van der Waals surface area contributed by atoms with Crippen LogP contribution in [0.5, 0.6) is 0 Å². The summed E-state index contributed by atoms with van der Waals surface area (Å²) in [6, 6.07) is 14.3. The maximum absolute atomic E-state index is 12.9. The number of fused-ring (bicyclic) bond motifs is 1. The lowest BCUT2D eigenvalue weighted by molar-refractivity contribution is -0.129. The largest absolute Gasteiger partial charge is 0.361 e. The number of hydrogen-bond acceptors (Lipinski definition) is 5. The fourth-order valence-corrected chi connectivity index (χ4v) is 3.67. The summed E-state index contributed by atoms with van der Waals surface area (Å²) in [5, 5.41) is 17.1. The van der Waals surface area contributed by atoms with Crippen LogP contribution in [0.4, 0.5) is 4.79 Å². The zero-order valence-electron chi connectivity index (χ0n) is 19.2. The van der Waals surface area contributed by atoms with Crippen molar-refractivity contribution >= 4 is 34.7 Å². The molecule has 0 aliphatic heterocycles. The average Bonchev–Trinajstić information content (AvgIpc) is 3.28. The van der Waals surface area contributed by atoms with Gasteiger partial charge < -0.3 is 15.6 Å². The van der Waals surface area contributed by atoms with Crippen molar-refractivity contribution in [1.29, 1.82) is 0 Å². The summed E-state index contributed by atoms with van der Waals surface area (Å²) in [5.41, 5.74) is 3.68. The summed E-state index contributed by atoms with van der Waals surface area (Å²) >= 11 is 0. The molecule has 0 radical (unpaired) electrons. The van der Waals surface area contributed by atoms with Gasteiger partial charge in [0.25, 0.3) is 5.91 Å². The van der Waals surface area contributed by atoms with Crippen LogP contribution in [0.2, 0.25) is 0 Å². The van der Waals surface area contributed by atoms with E-state index in [-0.39, 0.29) is 18.7 Å². The zero-order chi connectivity index (χ0) is 25.0. The summed E-state index contributed by atoms with van der Waals surface area (Å²) < 4.78 is 0. The van der Waals surface area contributed by atoms with Gasteiger partial charge in [0.05, 0.1) is 0 Å². The number of hydroxylamine groups is 1. The van der Waals surface area contributed by atoms with Gasteiger partial charge in [-0.25, -0.2) is 10.3 Å². The second kappa shape index (κ2) is 12.9. The third kappa shape index (κ3) is 7.68. The Morgan fingerprint density at radius 2 is 1.66 bits per heavy atom. The molecule has 2 aromatic carbocycles. The Labute approximate surface area is 202 Å². The van der Waals surface area contributed by atoms with Gasteiger partial charge in [0.1, 0.15) is 6.04 Å². The molecule has 10 heteroatoms. The van der Waals surface area contributed by atoms with E-state index in [4.69, 9.17) is 5.21 Å². The number of nitrogens with one attached hydrogen (secondary N) is 5. The molecule has 0 fully saturated rings. The van der Waals surface area contributed by atoms with Crippen LogP contribution in [0, 0.1) is 0 Å². The van der Waals surface area contributed by atoms with Crippen LogP contribution < -0.4 is 21.4 Å². The molecular formula is C25H29N5O5. The van der Waals surface area contributed by atoms with Gasteiger partial charge in [-0.05, 0) is 36.6 Å². The fourth-order valence-electron chi connectivity index (χ4n) is 3.67. The molecule has 0 spiro atoms. The van der Waals surface area contributed by atoms with E-state index in [0.29, 0.717) is 31.4 Å². The molecule has 10 nitrogen and oxygen atoms in total. The van der Waals surface area contributed by atoms with Crippen molar-refractivity contribution in [3.63, 3.8) is 0 Å². The molecule has 0 aliphatic carbocycles. The number of amides is 5. The molecule has 35 heavy (non-hydrogen) atoms. The molecule has 1 heterocycles. The molecule has 5 amide bonds. The molecule has 0 aliphatic rings. The Morgan fingerprint density at radius 1 is 0.914 bits per heavy atom. The zero-order valence-corrected chi connectivity index (χ0v) is 19.2. The molecule has 1 atom stereocenters. The first-order valence-corrected chi connectivity index (χ1v) is 11.4. The van der Waals surface area contributed by atoms with Crippen molar-refractivity contribution < 1.29 is 24.4 Å². The number of urea groups is 1. The highest BCUT2D eigenvalue weighted by Crippen LogP contribution is 2.19. The molecule has 1 aromatic heterocycles. The van der Waals surface area contributed by atoms with Crippen molar-refractivity contribution in [2.24, 2.45) is 0 Å². The Hall–Kier alpha value is -4.18. The Balaban J connectivity index is 1.61. The summed E-state index contributed by atoms with van der Waals surface area (Å²) in [4.78, 5) is 52.0. The number of aromatic amines is 1. The van der Waals surface area contributed by atoms with Gasteiger partial charge in [-0.15, -0.1) is 0 Å². The topological polar surface area (TPSA) is 152 Å². The van der Waals surface area contributed by atoms with E-state index in [9.17, 15) is 19.2 Å². The standard InChI is InChI=1S/C25H29N5O5/c31-22(30-35)13-5-2-8-14-26-24(33)21(15-18-16-27-20-12-7-6-11-19(18)20)28-25(34)29-23(32)17-9-3-1-4-10-17/h1,3-4,6-7,9-12,16,21,27,35H,2,5,8,13-15H2,(H,26,33)(H,30,31)(H2,28,29,32,34)/t21-/m0/s1. The van der Waals surface area contributed by atoms with Crippen LogP contribution in [0.1, 0.15) is 41.6 Å². The van der Waals surface area contributed by atoms with E-state index in [1.165, 1.54) is 0 Å². The number of benzene rings is 2. The highest BCUT2D eigenvalue weighted by molar-refractivity contribution is 6.05. The normalized spacial score (nSPS) is 11.5. The number of unbranched alkanes of at least 4 members (excludes halogenated alkanes) is 2. The van der Waals surface area contributed by atoms with E-state index in [2.05, 4.69) is 20.9 Å². The van der Waals surface area contributed by atoms with E-state index in [1.54, 1.807) is 42.0 Å². The van der Waals surface area contributed by atoms with Gasteiger partial charge in [0.15, 0.2) is 0 Å². The van der Waals surface area contributed by atoms with Crippen molar-refractivity contribution in [1.82, 2.24) is 26.4 Å². The highest BCUT2D eigenvalue weighted by atomic mass is 16.5. The number of hydrogen-bond donors (Lipinski definition) is 6. The number of para-hydroxylation sites is 1. The van der Waals surface area contributed by atoms with Gasteiger partial charge >= 0.3 is 6.03 Å². The second-order valence-corrected chi connectivity index (χ2v) is 8.05. The predicted octanol–water partition coefficient (Wildman–Crippen LogP) is 2.40. The van der Waals surface area contributed by atoms with Gasteiger partial charge in [-0.1, -0.05) is 42.8 Å². The van der Waals surface area contributed by atoms with Crippen molar-refractivity contribution in [2.45, 2.75) is 38.1 Å². The maximum atomic E-state index is 12.9. The maximum Gasteiger partial charge on any atom is 0.322 e. The lowest BCUT2D eigenvalue weighted by atomic mass is 10.0. The number of aromatic nitrogens is 1. The average molecular weight is 480 g/mol. The van der Waals surface area contributed by atoms with E-state index >= 15 is 0 Å². The minimum Gasteiger partial charge on any atom is -0.361 e.